The Hall–Kier alpha value is -1.68. The molecule has 0 aromatic heterocycles. The molecule has 0 aromatic rings. The minimum atomic E-state index is -1.09. The molecule has 1 fully saturated rings. The van der Waals surface area contributed by atoms with Crippen LogP contribution in [0, 0.1) is 0 Å². The van der Waals surface area contributed by atoms with Gasteiger partial charge in [0, 0.05) is 5.75 Å². The van der Waals surface area contributed by atoms with E-state index in [4.69, 9.17) is 19.3 Å². The van der Waals surface area contributed by atoms with Crippen LogP contribution in [0.2, 0.25) is 0 Å². The van der Waals surface area contributed by atoms with Gasteiger partial charge in [-0.25, -0.2) is 9.59 Å². The third-order valence-corrected chi connectivity index (χ3v) is 5.43. The lowest BCUT2D eigenvalue weighted by molar-refractivity contribution is -0.151. The van der Waals surface area contributed by atoms with E-state index in [0.29, 0.717) is 9.99 Å². The number of aliphatic carboxylic acids is 1. The molecular formula is C16H22O8S2. The smallest absolute Gasteiger partial charge is 0.347 e. The van der Waals surface area contributed by atoms with Crippen molar-refractivity contribution >= 4 is 47.4 Å². The largest absolute Gasteiger partial charge is 0.481 e. The molecule has 0 aliphatic carbocycles. The molecule has 1 atom stereocenters. The van der Waals surface area contributed by atoms with E-state index in [2.05, 4.69) is 0 Å². The van der Waals surface area contributed by atoms with Crippen molar-refractivity contribution in [3.8, 4) is 0 Å². The third-order valence-electron chi connectivity index (χ3n) is 2.69. The van der Waals surface area contributed by atoms with E-state index in [0.717, 1.165) is 11.8 Å². The number of hydrogen-bond donors (Lipinski definition) is 1. The molecular weight excluding hydrogens is 384 g/mol. The summed E-state index contributed by atoms with van der Waals surface area (Å²) in [5.74, 6) is -3.00. The molecule has 0 radical (unpaired) electrons. The molecule has 1 rings (SSSR count). The van der Waals surface area contributed by atoms with Gasteiger partial charge in [-0.1, -0.05) is 11.8 Å². The molecule has 1 unspecified atom stereocenters. The average molecular weight is 406 g/mol. The van der Waals surface area contributed by atoms with Gasteiger partial charge in [-0.3, -0.25) is 9.59 Å². The van der Waals surface area contributed by atoms with Crippen LogP contribution in [0.25, 0.3) is 0 Å². The number of rotatable bonds is 8. The van der Waals surface area contributed by atoms with Gasteiger partial charge in [0.2, 0.25) is 0 Å². The standard InChI is InChI=1S/C16H22O8S2/c1-8(2)22-14(20)13(15(21)23-9(3)4)16-25-7-12(26-16)24-11(19)6-5-10(17)18/h8-9,12H,5-7H2,1-4H3,(H,17,18). The Morgan fingerprint density at radius 2 is 1.58 bits per heavy atom. The molecule has 1 saturated heterocycles. The number of thioether (sulfide) groups is 2. The first-order chi connectivity index (χ1) is 12.1. The number of carboxylic acid groups (broad SMARTS) is 1. The maximum atomic E-state index is 12.3. The summed E-state index contributed by atoms with van der Waals surface area (Å²) in [5.41, 5.74) is -0.837. The van der Waals surface area contributed by atoms with Gasteiger partial charge < -0.3 is 19.3 Å². The Morgan fingerprint density at radius 1 is 1.04 bits per heavy atom. The van der Waals surface area contributed by atoms with Crippen molar-refractivity contribution in [2.45, 2.75) is 58.2 Å². The molecule has 0 amide bonds. The fourth-order valence-electron chi connectivity index (χ4n) is 1.73. The lowest BCUT2D eigenvalue weighted by Crippen LogP contribution is -2.24. The second kappa shape index (κ2) is 10.5. The molecule has 1 aliphatic rings. The van der Waals surface area contributed by atoms with Gasteiger partial charge in [0.1, 0.15) is 0 Å². The van der Waals surface area contributed by atoms with E-state index in [1.54, 1.807) is 27.7 Å². The lowest BCUT2D eigenvalue weighted by atomic mass is 10.3. The maximum absolute atomic E-state index is 12.3. The number of carboxylic acids is 1. The Bertz CT molecular complexity index is 573. The van der Waals surface area contributed by atoms with E-state index in [9.17, 15) is 19.2 Å². The van der Waals surface area contributed by atoms with E-state index >= 15 is 0 Å². The monoisotopic (exact) mass is 406 g/mol. The number of hydrogen-bond acceptors (Lipinski definition) is 9. The maximum Gasteiger partial charge on any atom is 0.347 e. The van der Waals surface area contributed by atoms with Crippen molar-refractivity contribution in [2.24, 2.45) is 0 Å². The van der Waals surface area contributed by atoms with E-state index in [1.165, 1.54) is 11.8 Å². The molecule has 0 bridgehead atoms. The zero-order chi connectivity index (χ0) is 19.9. The van der Waals surface area contributed by atoms with Crippen molar-refractivity contribution in [1.82, 2.24) is 0 Å². The Kier molecular flexibility index (Phi) is 9.00. The Labute approximate surface area is 160 Å². The van der Waals surface area contributed by atoms with Crippen molar-refractivity contribution in [1.29, 1.82) is 0 Å². The second-order valence-electron chi connectivity index (χ2n) is 5.81. The second-order valence-corrected chi connectivity index (χ2v) is 8.27. The summed E-state index contributed by atoms with van der Waals surface area (Å²) in [6.45, 7) is 6.65. The van der Waals surface area contributed by atoms with Crippen LogP contribution in [0.1, 0.15) is 40.5 Å². The molecule has 0 aromatic carbocycles. The van der Waals surface area contributed by atoms with Crippen LogP contribution in [-0.4, -0.2) is 52.4 Å². The first kappa shape index (κ1) is 22.4. The summed E-state index contributed by atoms with van der Waals surface area (Å²) in [7, 11) is 0. The summed E-state index contributed by atoms with van der Waals surface area (Å²) in [6, 6.07) is 0. The van der Waals surface area contributed by atoms with Crippen LogP contribution in [0.15, 0.2) is 9.81 Å². The predicted molar refractivity (Wildman–Crippen MR) is 96.3 cm³/mol. The highest BCUT2D eigenvalue weighted by Crippen LogP contribution is 2.44. The van der Waals surface area contributed by atoms with Gasteiger partial charge in [-0.2, -0.15) is 0 Å². The van der Waals surface area contributed by atoms with Crippen LogP contribution in [0.4, 0.5) is 0 Å². The molecule has 1 heterocycles. The highest BCUT2D eigenvalue weighted by molar-refractivity contribution is 8.25. The van der Waals surface area contributed by atoms with Gasteiger partial charge in [0.25, 0.3) is 0 Å². The van der Waals surface area contributed by atoms with E-state index in [1.807, 2.05) is 0 Å². The van der Waals surface area contributed by atoms with Crippen LogP contribution >= 0.6 is 23.5 Å². The number of esters is 3. The highest BCUT2D eigenvalue weighted by atomic mass is 32.2. The minimum Gasteiger partial charge on any atom is -0.481 e. The predicted octanol–water partition coefficient (Wildman–Crippen LogP) is 2.32. The zero-order valence-electron chi connectivity index (χ0n) is 15.0. The van der Waals surface area contributed by atoms with Crippen molar-refractivity contribution in [3.63, 3.8) is 0 Å². The normalized spacial score (nSPS) is 16.5. The molecule has 1 aliphatic heterocycles. The van der Waals surface area contributed by atoms with E-state index in [-0.39, 0.29) is 18.4 Å². The molecule has 10 heteroatoms. The topological polar surface area (TPSA) is 116 Å². The Balaban J connectivity index is 2.86. The summed E-state index contributed by atoms with van der Waals surface area (Å²) >= 11 is 2.23. The quantitative estimate of drug-likeness (QED) is 0.212. The van der Waals surface area contributed by atoms with Gasteiger partial charge in [0.15, 0.2) is 11.0 Å². The highest BCUT2D eigenvalue weighted by Gasteiger charge is 2.34. The summed E-state index contributed by atoms with van der Waals surface area (Å²) < 4.78 is 15.7. The molecule has 146 valence electrons. The summed E-state index contributed by atoms with van der Waals surface area (Å²) in [6.07, 6.45) is -1.39. The Morgan fingerprint density at radius 3 is 2.04 bits per heavy atom. The van der Waals surface area contributed by atoms with Crippen LogP contribution in [0.5, 0.6) is 0 Å². The van der Waals surface area contributed by atoms with E-state index < -0.39 is 41.5 Å². The fraction of sp³-hybridized carbons (Fsp3) is 0.625. The molecule has 26 heavy (non-hydrogen) atoms. The van der Waals surface area contributed by atoms with Crippen molar-refractivity contribution in [2.75, 3.05) is 5.75 Å². The van der Waals surface area contributed by atoms with Gasteiger partial charge in [-0.15, -0.1) is 11.8 Å². The number of carbonyl (C=O) groups is 4. The third kappa shape index (κ3) is 7.69. The molecule has 0 spiro atoms. The van der Waals surface area contributed by atoms with Crippen LogP contribution in [-0.2, 0) is 33.4 Å². The van der Waals surface area contributed by atoms with Gasteiger partial charge in [0.05, 0.1) is 29.3 Å². The summed E-state index contributed by atoms with van der Waals surface area (Å²) in [4.78, 5) is 46.7. The molecule has 0 saturated carbocycles. The number of ether oxygens (including phenoxy) is 3. The summed E-state index contributed by atoms with van der Waals surface area (Å²) in [5, 5.41) is 8.58. The van der Waals surface area contributed by atoms with Crippen molar-refractivity contribution in [3.05, 3.63) is 9.81 Å². The van der Waals surface area contributed by atoms with Gasteiger partial charge >= 0.3 is 23.9 Å². The first-order valence-corrected chi connectivity index (χ1v) is 9.83. The lowest BCUT2D eigenvalue weighted by Gasteiger charge is -2.14. The fourth-order valence-corrected chi connectivity index (χ4v) is 4.35. The number of carbonyl (C=O) groups excluding carboxylic acids is 3. The van der Waals surface area contributed by atoms with Crippen LogP contribution < -0.4 is 0 Å². The molecule has 8 nitrogen and oxygen atoms in total. The SMILES string of the molecule is CC(C)OC(=O)C(C(=O)OC(C)C)=C1SCC(OC(=O)CCC(=O)O)S1. The zero-order valence-corrected chi connectivity index (χ0v) is 16.6. The van der Waals surface area contributed by atoms with Gasteiger partial charge in [-0.05, 0) is 27.7 Å². The molecule has 1 N–H and O–H groups in total. The van der Waals surface area contributed by atoms with Crippen molar-refractivity contribution < 1.29 is 38.5 Å². The van der Waals surface area contributed by atoms with Crippen LogP contribution in [0.3, 0.4) is 0 Å². The minimum absolute atomic E-state index is 0.216. The first-order valence-electron chi connectivity index (χ1n) is 7.97. The average Bonchev–Trinajstić information content (AvgIpc) is 2.91.